The summed E-state index contributed by atoms with van der Waals surface area (Å²) in [6.07, 6.45) is 61.4. The lowest BCUT2D eigenvalue weighted by Gasteiger charge is -2.18. The van der Waals surface area contributed by atoms with E-state index in [0.29, 0.717) is 19.3 Å². The van der Waals surface area contributed by atoms with Gasteiger partial charge < -0.3 is 14.2 Å². The first-order valence-electron chi connectivity index (χ1n) is 24.6. The Bertz CT molecular complexity index is 1190. The quantitative estimate of drug-likeness (QED) is 0.0263. The zero-order chi connectivity index (χ0) is 43.7. The lowest BCUT2D eigenvalue weighted by atomic mass is 10.0. The van der Waals surface area contributed by atoms with E-state index in [1.54, 1.807) is 0 Å². The van der Waals surface area contributed by atoms with Crippen molar-refractivity contribution in [2.75, 3.05) is 13.2 Å². The fourth-order valence-electron chi connectivity index (χ4n) is 6.45. The Hall–Kier alpha value is -3.41. The first-order chi connectivity index (χ1) is 29.5. The highest BCUT2D eigenvalue weighted by atomic mass is 16.6. The number of carbonyl (C=O) groups excluding carboxylic acids is 3. The number of allylic oxidation sites excluding steroid dienone is 14. The van der Waals surface area contributed by atoms with Crippen molar-refractivity contribution in [3.63, 3.8) is 0 Å². The highest BCUT2D eigenvalue weighted by Gasteiger charge is 2.19. The second-order valence-corrected chi connectivity index (χ2v) is 16.0. The van der Waals surface area contributed by atoms with Crippen LogP contribution in [-0.2, 0) is 28.6 Å². The predicted molar refractivity (Wildman–Crippen MR) is 256 cm³/mol. The van der Waals surface area contributed by atoms with Gasteiger partial charge in [0.25, 0.3) is 0 Å². The summed E-state index contributed by atoms with van der Waals surface area (Å²) in [5, 5.41) is 0. The van der Waals surface area contributed by atoms with Crippen LogP contribution in [0.5, 0.6) is 0 Å². The van der Waals surface area contributed by atoms with Gasteiger partial charge in [0.2, 0.25) is 0 Å². The molecule has 0 aliphatic heterocycles. The highest BCUT2D eigenvalue weighted by Crippen LogP contribution is 2.14. The van der Waals surface area contributed by atoms with Crippen LogP contribution in [0.15, 0.2) is 85.1 Å². The summed E-state index contributed by atoms with van der Waals surface area (Å²) in [6.45, 7) is 6.40. The summed E-state index contributed by atoms with van der Waals surface area (Å²) in [7, 11) is 0. The number of hydrogen-bond donors (Lipinski definition) is 0. The van der Waals surface area contributed by atoms with Crippen molar-refractivity contribution in [1.29, 1.82) is 0 Å². The van der Waals surface area contributed by atoms with Crippen molar-refractivity contribution >= 4 is 17.9 Å². The second kappa shape index (κ2) is 48.3. The van der Waals surface area contributed by atoms with Gasteiger partial charge in [-0.25, -0.2) is 0 Å². The van der Waals surface area contributed by atoms with Crippen LogP contribution in [0.4, 0.5) is 0 Å². The molecule has 0 aromatic rings. The molecule has 0 saturated carbocycles. The third kappa shape index (κ3) is 45.7. The minimum Gasteiger partial charge on any atom is -0.462 e. The maximum Gasteiger partial charge on any atom is 0.306 e. The molecule has 60 heavy (non-hydrogen) atoms. The number of hydrogen-bond acceptors (Lipinski definition) is 6. The van der Waals surface area contributed by atoms with E-state index in [0.717, 1.165) is 83.5 Å². The zero-order valence-corrected chi connectivity index (χ0v) is 38.9. The van der Waals surface area contributed by atoms with Gasteiger partial charge in [-0.2, -0.15) is 0 Å². The van der Waals surface area contributed by atoms with Crippen LogP contribution in [0.3, 0.4) is 0 Å². The number of carbonyl (C=O) groups is 3. The standard InChI is InChI=1S/C54H90O6/c1-4-7-10-13-16-19-22-25-26-27-28-30-32-35-38-41-44-47-53(56)59-50-51(49-58-52(55)46-43-40-37-34-31-24-21-18-15-12-9-6-3)60-54(57)48-45-42-39-36-33-29-23-20-17-14-11-8-5-2/h9,12,16,18-19,21,25-26,28,30-31,34-35,38,51H,4-8,10-11,13-15,17,20,22-24,27,29,32-33,36-37,39-50H2,1-3H3/b12-9-,19-16-,21-18-,26-25-,30-28-,34-31-,38-35-. The summed E-state index contributed by atoms with van der Waals surface area (Å²) in [6, 6.07) is 0. The minimum absolute atomic E-state index is 0.113. The summed E-state index contributed by atoms with van der Waals surface area (Å²) < 4.78 is 16.7. The van der Waals surface area contributed by atoms with Crippen LogP contribution in [0, 0.1) is 0 Å². The van der Waals surface area contributed by atoms with Crippen LogP contribution >= 0.6 is 0 Å². The van der Waals surface area contributed by atoms with E-state index >= 15 is 0 Å². The van der Waals surface area contributed by atoms with E-state index in [2.05, 4.69) is 106 Å². The van der Waals surface area contributed by atoms with Crippen molar-refractivity contribution in [2.45, 2.75) is 226 Å². The molecule has 0 spiro atoms. The highest BCUT2D eigenvalue weighted by molar-refractivity contribution is 5.71. The van der Waals surface area contributed by atoms with E-state index in [-0.39, 0.29) is 37.5 Å². The average molecular weight is 835 g/mol. The summed E-state index contributed by atoms with van der Waals surface area (Å²) >= 11 is 0. The maximum atomic E-state index is 12.8. The van der Waals surface area contributed by atoms with Crippen molar-refractivity contribution < 1.29 is 28.6 Å². The smallest absolute Gasteiger partial charge is 0.306 e. The van der Waals surface area contributed by atoms with E-state index in [9.17, 15) is 14.4 Å². The molecule has 0 heterocycles. The lowest BCUT2D eigenvalue weighted by Crippen LogP contribution is -2.30. The Balaban J connectivity index is 4.51. The number of ether oxygens (including phenoxy) is 3. The first kappa shape index (κ1) is 56.6. The van der Waals surface area contributed by atoms with Gasteiger partial charge in [-0.3, -0.25) is 14.4 Å². The fourth-order valence-corrected chi connectivity index (χ4v) is 6.45. The molecule has 0 aliphatic rings. The molecule has 1 atom stereocenters. The molecular weight excluding hydrogens is 745 g/mol. The molecule has 0 aliphatic carbocycles. The second-order valence-electron chi connectivity index (χ2n) is 16.0. The minimum atomic E-state index is -0.811. The molecule has 6 nitrogen and oxygen atoms in total. The van der Waals surface area contributed by atoms with Crippen molar-refractivity contribution in [1.82, 2.24) is 0 Å². The van der Waals surface area contributed by atoms with Gasteiger partial charge >= 0.3 is 17.9 Å². The van der Waals surface area contributed by atoms with Crippen molar-refractivity contribution in [3.05, 3.63) is 85.1 Å². The monoisotopic (exact) mass is 835 g/mol. The summed E-state index contributed by atoms with van der Waals surface area (Å²) in [5.74, 6) is -1.01. The molecule has 1 unspecified atom stereocenters. The molecule has 0 fully saturated rings. The molecule has 0 aromatic heterocycles. The average Bonchev–Trinajstić information content (AvgIpc) is 3.24. The van der Waals surface area contributed by atoms with Crippen molar-refractivity contribution in [3.8, 4) is 0 Å². The van der Waals surface area contributed by atoms with E-state index in [4.69, 9.17) is 14.2 Å². The largest absolute Gasteiger partial charge is 0.462 e. The molecule has 0 saturated heterocycles. The third-order valence-corrected chi connectivity index (χ3v) is 10.1. The van der Waals surface area contributed by atoms with E-state index in [1.807, 2.05) is 0 Å². The summed E-state index contributed by atoms with van der Waals surface area (Å²) in [5.41, 5.74) is 0. The predicted octanol–water partition coefficient (Wildman–Crippen LogP) is 16.0. The van der Waals surface area contributed by atoms with Crippen LogP contribution in [0.2, 0.25) is 0 Å². The van der Waals surface area contributed by atoms with Gasteiger partial charge in [0, 0.05) is 19.3 Å². The van der Waals surface area contributed by atoms with Crippen molar-refractivity contribution in [2.24, 2.45) is 0 Å². The van der Waals surface area contributed by atoms with Gasteiger partial charge in [0.05, 0.1) is 0 Å². The Morgan fingerprint density at radius 1 is 0.350 bits per heavy atom. The summed E-state index contributed by atoms with van der Waals surface area (Å²) in [4.78, 5) is 37.8. The first-order valence-corrected chi connectivity index (χ1v) is 24.6. The zero-order valence-electron chi connectivity index (χ0n) is 38.9. The third-order valence-electron chi connectivity index (χ3n) is 10.1. The lowest BCUT2D eigenvalue weighted by molar-refractivity contribution is -0.167. The van der Waals surface area contributed by atoms with Gasteiger partial charge in [0.1, 0.15) is 13.2 Å². The molecule has 0 amide bonds. The Morgan fingerprint density at radius 3 is 1.12 bits per heavy atom. The number of rotatable bonds is 43. The maximum absolute atomic E-state index is 12.8. The molecule has 6 heteroatoms. The van der Waals surface area contributed by atoms with Gasteiger partial charge in [-0.1, -0.05) is 196 Å². The fraction of sp³-hybridized carbons (Fsp3) is 0.685. The molecule has 0 bridgehead atoms. The Morgan fingerprint density at radius 2 is 0.667 bits per heavy atom. The molecule has 0 radical (unpaired) electrons. The Kier molecular flexibility index (Phi) is 45.5. The Labute approximate surface area is 369 Å². The van der Waals surface area contributed by atoms with E-state index in [1.165, 1.54) is 89.9 Å². The molecular formula is C54H90O6. The number of esters is 3. The van der Waals surface area contributed by atoms with Gasteiger partial charge in [-0.05, 0) is 89.9 Å². The SMILES string of the molecule is CC/C=C\C/C=C\C/C=C\CCCCC(=O)OCC(COC(=O)CCC/C=C\C/C=C\C/C=C\C/C=C\CCCCC)OC(=O)CCCCCCCCCCCCCCC. The molecule has 342 valence electrons. The van der Waals surface area contributed by atoms with Gasteiger partial charge in [-0.15, -0.1) is 0 Å². The van der Waals surface area contributed by atoms with Crippen LogP contribution in [-0.4, -0.2) is 37.2 Å². The van der Waals surface area contributed by atoms with Crippen LogP contribution in [0.25, 0.3) is 0 Å². The number of unbranched alkanes of at least 4 members (excludes halogenated alkanes) is 18. The molecule has 0 N–H and O–H groups in total. The molecule has 0 aromatic carbocycles. The topological polar surface area (TPSA) is 78.9 Å². The van der Waals surface area contributed by atoms with E-state index < -0.39 is 6.10 Å². The normalized spacial score (nSPS) is 12.8. The van der Waals surface area contributed by atoms with Crippen LogP contribution in [0.1, 0.15) is 220 Å². The molecule has 0 rings (SSSR count). The van der Waals surface area contributed by atoms with Gasteiger partial charge in [0.15, 0.2) is 6.10 Å². The van der Waals surface area contributed by atoms with Crippen LogP contribution < -0.4 is 0 Å².